The van der Waals surface area contributed by atoms with Gasteiger partial charge in [-0.2, -0.15) is 0 Å². The molecule has 1 saturated heterocycles. The first-order valence-corrected chi connectivity index (χ1v) is 6.44. The second-order valence-electron chi connectivity index (χ2n) is 5.91. The summed E-state index contributed by atoms with van der Waals surface area (Å²) in [5.74, 6) is -0.982. The standard InChI is InChI=1S/C15H21NO2/c1-11-4-6-12(7-5-11)16-9-8-15(2,3)13(10-16)14(17)18/h4-7,13H,8-10H2,1-3H3,(H,17,18). The molecule has 1 aliphatic heterocycles. The van der Waals surface area contributed by atoms with Crippen LogP contribution in [-0.2, 0) is 4.79 Å². The quantitative estimate of drug-likeness (QED) is 0.873. The van der Waals surface area contributed by atoms with Gasteiger partial charge in [0.25, 0.3) is 0 Å². The van der Waals surface area contributed by atoms with Crippen LogP contribution in [0.4, 0.5) is 5.69 Å². The number of carboxylic acid groups (broad SMARTS) is 1. The lowest BCUT2D eigenvalue weighted by atomic mass is 9.73. The van der Waals surface area contributed by atoms with E-state index in [9.17, 15) is 9.90 Å². The molecule has 1 aliphatic rings. The van der Waals surface area contributed by atoms with Crippen molar-refractivity contribution in [1.29, 1.82) is 0 Å². The Morgan fingerprint density at radius 1 is 1.33 bits per heavy atom. The Kier molecular flexibility index (Phi) is 3.33. The number of hydrogen-bond donors (Lipinski definition) is 1. The molecule has 0 aliphatic carbocycles. The van der Waals surface area contributed by atoms with E-state index >= 15 is 0 Å². The molecular formula is C15H21NO2. The van der Waals surface area contributed by atoms with Crippen LogP contribution in [-0.4, -0.2) is 24.2 Å². The Hall–Kier alpha value is -1.51. The molecule has 1 fully saturated rings. The maximum absolute atomic E-state index is 11.4. The van der Waals surface area contributed by atoms with Crippen LogP contribution in [0.3, 0.4) is 0 Å². The van der Waals surface area contributed by atoms with Crippen molar-refractivity contribution < 1.29 is 9.90 Å². The number of nitrogens with zero attached hydrogens (tertiary/aromatic N) is 1. The average Bonchev–Trinajstić information content (AvgIpc) is 2.29. The zero-order valence-corrected chi connectivity index (χ0v) is 11.3. The molecule has 1 aromatic rings. The van der Waals surface area contributed by atoms with Crippen molar-refractivity contribution in [3.63, 3.8) is 0 Å². The summed E-state index contributed by atoms with van der Waals surface area (Å²) < 4.78 is 0. The summed E-state index contributed by atoms with van der Waals surface area (Å²) in [7, 11) is 0. The fraction of sp³-hybridized carbons (Fsp3) is 0.533. The van der Waals surface area contributed by atoms with Gasteiger partial charge in [-0.1, -0.05) is 31.5 Å². The monoisotopic (exact) mass is 247 g/mol. The van der Waals surface area contributed by atoms with Crippen LogP contribution in [0.25, 0.3) is 0 Å². The van der Waals surface area contributed by atoms with Crippen molar-refractivity contribution >= 4 is 11.7 Å². The fourth-order valence-electron chi connectivity index (χ4n) is 2.56. The zero-order valence-electron chi connectivity index (χ0n) is 11.3. The number of rotatable bonds is 2. The molecular weight excluding hydrogens is 226 g/mol. The summed E-state index contributed by atoms with van der Waals surface area (Å²) in [6.07, 6.45) is 0.915. The number of benzene rings is 1. The van der Waals surface area contributed by atoms with E-state index in [0.29, 0.717) is 6.54 Å². The molecule has 3 nitrogen and oxygen atoms in total. The number of hydrogen-bond acceptors (Lipinski definition) is 2. The van der Waals surface area contributed by atoms with E-state index in [4.69, 9.17) is 0 Å². The van der Waals surface area contributed by atoms with Crippen LogP contribution in [0.1, 0.15) is 25.8 Å². The van der Waals surface area contributed by atoms with E-state index < -0.39 is 5.97 Å². The molecule has 0 bridgehead atoms. The van der Waals surface area contributed by atoms with E-state index in [2.05, 4.69) is 49.9 Å². The fourth-order valence-corrected chi connectivity index (χ4v) is 2.56. The third-order valence-corrected chi connectivity index (χ3v) is 4.07. The molecule has 18 heavy (non-hydrogen) atoms. The average molecular weight is 247 g/mol. The number of aliphatic carboxylic acids is 1. The first kappa shape index (κ1) is 12.9. The molecule has 1 heterocycles. The number of anilines is 1. The highest BCUT2D eigenvalue weighted by atomic mass is 16.4. The molecule has 1 unspecified atom stereocenters. The molecule has 2 rings (SSSR count). The predicted molar refractivity (Wildman–Crippen MR) is 72.9 cm³/mol. The van der Waals surface area contributed by atoms with Gasteiger partial charge in [0.1, 0.15) is 0 Å². The highest BCUT2D eigenvalue weighted by Crippen LogP contribution is 2.37. The lowest BCUT2D eigenvalue weighted by molar-refractivity contribution is -0.146. The van der Waals surface area contributed by atoms with Gasteiger partial charge in [-0.05, 0) is 30.9 Å². The van der Waals surface area contributed by atoms with Gasteiger partial charge >= 0.3 is 5.97 Å². The first-order valence-electron chi connectivity index (χ1n) is 6.44. The van der Waals surface area contributed by atoms with Crippen LogP contribution < -0.4 is 4.90 Å². The van der Waals surface area contributed by atoms with Gasteiger partial charge in [-0.3, -0.25) is 4.79 Å². The molecule has 0 saturated carbocycles. The Morgan fingerprint density at radius 3 is 2.50 bits per heavy atom. The second-order valence-corrected chi connectivity index (χ2v) is 5.91. The first-order chi connectivity index (χ1) is 8.40. The zero-order chi connectivity index (χ0) is 13.3. The number of carboxylic acids is 1. The molecule has 1 aromatic carbocycles. The molecule has 0 spiro atoms. The maximum atomic E-state index is 11.4. The van der Waals surface area contributed by atoms with Crippen LogP contribution in [0.15, 0.2) is 24.3 Å². The minimum absolute atomic E-state index is 0.118. The van der Waals surface area contributed by atoms with Crippen molar-refractivity contribution in [3.8, 4) is 0 Å². The van der Waals surface area contributed by atoms with Crippen LogP contribution in [0.5, 0.6) is 0 Å². The van der Waals surface area contributed by atoms with E-state index in [1.54, 1.807) is 0 Å². The minimum atomic E-state index is -0.684. The smallest absolute Gasteiger partial charge is 0.308 e. The van der Waals surface area contributed by atoms with Crippen molar-refractivity contribution in [1.82, 2.24) is 0 Å². The van der Waals surface area contributed by atoms with Gasteiger partial charge in [-0.25, -0.2) is 0 Å². The van der Waals surface area contributed by atoms with Crippen LogP contribution in [0.2, 0.25) is 0 Å². The topological polar surface area (TPSA) is 40.5 Å². The molecule has 0 amide bonds. The molecule has 1 atom stereocenters. The number of carbonyl (C=O) groups is 1. The molecule has 1 N–H and O–H groups in total. The van der Waals surface area contributed by atoms with Gasteiger partial charge in [0.15, 0.2) is 0 Å². The third-order valence-electron chi connectivity index (χ3n) is 4.07. The lowest BCUT2D eigenvalue weighted by Gasteiger charge is -2.42. The Morgan fingerprint density at radius 2 is 1.94 bits per heavy atom. The van der Waals surface area contributed by atoms with Gasteiger partial charge < -0.3 is 10.0 Å². The summed E-state index contributed by atoms with van der Waals surface area (Å²) in [4.78, 5) is 13.6. The summed E-state index contributed by atoms with van der Waals surface area (Å²) in [5, 5.41) is 9.36. The van der Waals surface area contributed by atoms with Crippen LogP contribution >= 0.6 is 0 Å². The van der Waals surface area contributed by atoms with E-state index in [0.717, 1.165) is 18.7 Å². The highest BCUT2D eigenvalue weighted by Gasteiger charge is 2.40. The van der Waals surface area contributed by atoms with Crippen LogP contribution in [0, 0.1) is 18.3 Å². The SMILES string of the molecule is Cc1ccc(N2CCC(C)(C)C(C(=O)O)C2)cc1. The highest BCUT2D eigenvalue weighted by molar-refractivity contribution is 5.72. The largest absolute Gasteiger partial charge is 0.481 e. The minimum Gasteiger partial charge on any atom is -0.481 e. The van der Waals surface area contributed by atoms with Gasteiger partial charge in [0, 0.05) is 18.8 Å². The normalized spacial score (nSPS) is 22.8. The second kappa shape index (κ2) is 4.63. The summed E-state index contributed by atoms with van der Waals surface area (Å²) in [5.41, 5.74) is 2.24. The van der Waals surface area contributed by atoms with Gasteiger partial charge in [-0.15, -0.1) is 0 Å². The van der Waals surface area contributed by atoms with E-state index in [-0.39, 0.29) is 11.3 Å². The summed E-state index contributed by atoms with van der Waals surface area (Å²) >= 11 is 0. The molecule has 0 radical (unpaired) electrons. The summed E-state index contributed by atoms with van der Waals surface area (Å²) in [6.45, 7) is 7.70. The maximum Gasteiger partial charge on any atom is 0.308 e. The van der Waals surface area contributed by atoms with E-state index in [1.807, 2.05) is 0 Å². The molecule has 98 valence electrons. The van der Waals surface area contributed by atoms with Crippen molar-refractivity contribution in [2.45, 2.75) is 27.2 Å². The Balaban J connectivity index is 2.18. The Labute approximate surface area is 108 Å². The van der Waals surface area contributed by atoms with Gasteiger partial charge in [0.05, 0.1) is 5.92 Å². The van der Waals surface area contributed by atoms with Crippen molar-refractivity contribution in [2.24, 2.45) is 11.3 Å². The van der Waals surface area contributed by atoms with Crippen molar-refractivity contribution in [2.75, 3.05) is 18.0 Å². The lowest BCUT2D eigenvalue weighted by Crippen LogP contribution is -2.48. The number of piperidine rings is 1. The third kappa shape index (κ3) is 2.50. The van der Waals surface area contributed by atoms with Gasteiger partial charge in [0.2, 0.25) is 0 Å². The predicted octanol–water partition coefficient (Wildman–Crippen LogP) is 2.93. The van der Waals surface area contributed by atoms with E-state index in [1.165, 1.54) is 5.56 Å². The number of aryl methyl sites for hydroxylation is 1. The van der Waals surface area contributed by atoms with Crippen molar-refractivity contribution in [3.05, 3.63) is 29.8 Å². The summed E-state index contributed by atoms with van der Waals surface area (Å²) in [6, 6.07) is 8.30. The molecule has 3 heteroatoms. The molecule has 0 aromatic heterocycles. The Bertz CT molecular complexity index is 436.